The molecule has 0 saturated carbocycles. The molecule has 10 rings (SSSR count). The molecule has 0 radical (unpaired) electrons. The van der Waals surface area contributed by atoms with Crippen molar-refractivity contribution >= 4 is 45.7 Å². The number of ether oxygens (including phenoxy) is 6. The molecule has 4 saturated heterocycles. The number of fused-ring (bicyclic) bond motifs is 6. The lowest BCUT2D eigenvalue weighted by atomic mass is 9.86. The molecule has 17 heteroatoms. The number of methoxy groups -OCH3 is 2. The van der Waals surface area contributed by atoms with Gasteiger partial charge in [0.15, 0.2) is 23.0 Å². The van der Waals surface area contributed by atoms with Crippen molar-refractivity contribution in [1.82, 2.24) is 30.2 Å². The molecule has 6 heterocycles. The van der Waals surface area contributed by atoms with E-state index in [1.165, 1.54) is 62.1 Å². The summed E-state index contributed by atoms with van der Waals surface area (Å²) in [4.78, 5) is 55.5. The van der Waals surface area contributed by atoms with Crippen LogP contribution in [0.2, 0.25) is 0 Å². The molecule has 75 heavy (non-hydrogen) atoms. The van der Waals surface area contributed by atoms with E-state index in [0.717, 1.165) is 87.6 Å². The van der Waals surface area contributed by atoms with E-state index in [9.17, 15) is 19.2 Å². The highest BCUT2D eigenvalue weighted by Gasteiger charge is 2.43. The van der Waals surface area contributed by atoms with E-state index in [2.05, 4.69) is 56.4 Å². The van der Waals surface area contributed by atoms with E-state index in [4.69, 9.17) is 38.6 Å². The van der Waals surface area contributed by atoms with Crippen LogP contribution in [0.15, 0.2) is 97.1 Å². The van der Waals surface area contributed by atoms with Crippen LogP contribution in [-0.4, -0.2) is 124 Å². The van der Waals surface area contributed by atoms with Crippen molar-refractivity contribution in [3.8, 4) is 23.0 Å². The summed E-state index contributed by atoms with van der Waals surface area (Å²) in [7, 11) is 3.05. The van der Waals surface area contributed by atoms with Crippen LogP contribution in [-0.2, 0) is 41.5 Å². The van der Waals surface area contributed by atoms with Crippen LogP contribution in [0, 0.1) is 0 Å². The highest BCUT2D eigenvalue weighted by atomic mass is 16.6. The second-order valence-corrected chi connectivity index (χ2v) is 20.2. The third kappa shape index (κ3) is 12.5. The molecular weight excluding hydrogens is 957 g/mol. The lowest BCUT2D eigenvalue weighted by molar-refractivity contribution is -0.158. The van der Waals surface area contributed by atoms with Crippen molar-refractivity contribution in [3.63, 3.8) is 0 Å². The molecular formula is C58H68N6O11. The molecule has 4 bridgehead atoms. The maximum atomic E-state index is 12.7. The number of rotatable bonds is 22. The number of carbonyl (C=O) groups is 4. The summed E-state index contributed by atoms with van der Waals surface area (Å²) in [6, 6.07) is 29.4. The number of benzene rings is 4. The minimum absolute atomic E-state index is 0. The smallest absolute Gasteiger partial charge is 0.338 e. The zero-order valence-electron chi connectivity index (χ0n) is 42.8. The van der Waals surface area contributed by atoms with Gasteiger partial charge >= 0.3 is 23.9 Å². The number of esters is 4. The number of para-hydroxylation sites is 2. The molecule has 4 aromatic carbocycles. The zero-order valence-corrected chi connectivity index (χ0v) is 42.8. The molecule has 396 valence electrons. The average Bonchev–Trinajstić information content (AvgIpc) is 4.15. The van der Waals surface area contributed by atoms with Gasteiger partial charge in [0.25, 0.3) is 0 Å². The van der Waals surface area contributed by atoms with E-state index in [-0.39, 0.29) is 18.3 Å². The van der Waals surface area contributed by atoms with E-state index in [1.807, 2.05) is 12.1 Å². The van der Waals surface area contributed by atoms with Crippen molar-refractivity contribution in [2.45, 2.75) is 126 Å². The van der Waals surface area contributed by atoms with E-state index < -0.39 is 23.9 Å². The minimum Gasteiger partial charge on any atom is -0.493 e. The fraction of sp³-hybridized carbons (Fsp3) is 0.448. The van der Waals surface area contributed by atoms with Gasteiger partial charge in [-0.15, -0.1) is 0 Å². The summed E-state index contributed by atoms with van der Waals surface area (Å²) in [6.45, 7) is 3.11. The van der Waals surface area contributed by atoms with Crippen molar-refractivity contribution in [2.75, 3.05) is 40.5 Å². The third-order valence-corrected chi connectivity index (χ3v) is 15.6. The first kappa shape index (κ1) is 52.8. The summed E-state index contributed by atoms with van der Waals surface area (Å²) < 4.78 is 33.1. The Hall–Kier alpha value is -7.08. The maximum absolute atomic E-state index is 12.7. The predicted octanol–water partition coefficient (Wildman–Crippen LogP) is 8.25. The molecule has 0 aliphatic carbocycles. The molecule has 4 aliphatic heterocycles. The topological polar surface area (TPSA) is 219 Å². The molecule has 4 unspecified atom stereocenters. The molecule has 0 amide bonds. The van der Waals surface area contributed by atoms with Gasteiger partial charge in [-0.2, -0.15) is 10.2 Å². The van der Waals surface area contributed by atoms with Crippen LogP contribution in [0.4, 0.5) is 0 Å². The van der Waals surface area contributed by atoms with E-state index in [0.29, 0.717) is 83.3 Å². The fourth-order valence-corrected chi connectivity index (χ4v) is 12.2. The van der Waals surface area contributed by atoms with Gasteiger partial charge in [-0.1, -0.05) is 48.5 Å². The number of aromatic amines is 2. The van der Waals surface area contributed by atoms with Crippen LogP contribution < -0.4 is 18.9 Å². The van der Waals surface area contributed by atoms with Gasteiger partial charge < -0.3 is 33.9 Å². The van der Waals surface area contributed by atoms with Gasteiger partial charge in [-0.25, -0.2) is 9.59 Å². The van der Waals surface area contributed by atoms with Gasteiger partial charge in [0.05, 0.1) is 62.7 Å². The van der Waals surface area contributed by atoms with E-state index >= 15 is 0 Å². The molecule has 6 aromatic rings. The molecule has 4 fully saturated rings. The number of unbranched alkanes of at least 4 members (excludes halogenated alkanes) is 2. The maximum Gasteiger partial charge on any atom is 0.338 e. The van der Waals surface area contributed by atoms with Crippen LogP contribution in [0.25, 0.3) is 21.8 Å². The Balaban J connectivity index is 0.00000689. The largest absolute Gasteiger partial charge is 0.493 e. The summed E-state index contributed by atoms with van der Waals surface area (Å²) >= 11 is 0. The summed E-state index contributed by atoms with van der Waals surface area (Å²) in [5.74, 6) is -0.841. The lowest BCUT2D eigenvalue weighted by Crippen LogP contribution is -2.42. The first-order chi connectivity index (χ1) is 36.2. The molecule has 4 atom stereocenters. The number of nitrogens with one attached hydrogen (secondary N) is 2. The molecule has 2 aromatic heterocycles. The first-order valence-corrected chi connectivity index (χ1v) is 26.3. The number of carbonyl (C=O) groups excluding carboxylic acids is 4. The standard InChI is InChI=1S/C58H66N6O10.H2O/c1-69-51-29-37(15-21-49(51)71-27-9-7-25-63-41-17-18-42(63)34-39(33-41)57-45-11-3-5-13-47(45)59-61-57)31-55(67)73-53(65)23-24-54(66)74-56(68)32-38-16-22-50(52(30-38)70-2)72-28-10-8-26-64-43-19-20-44(64)36-40(35-43)58-46-12-4-6-14-48(46)60-62-58;/h3-6,11-16,21-24,29-30,39-44H,7-10,17-20,25-28,31-36H2,1-2H3,(H,59,61)(H,60,62);1H2/b24-23+;. The van der Waals surface area contributed by atoms with Crippen LogP contribution in [0.5, 0.6) is 23.0 Å². The normalized spacial score (nSPS) is 21.3. The summed E-state index contributed by atoms with van der Waals surface area (Å²) in [5.41, 5.74) is 5.73. The summed E-state index contributed by atoms with van der Waals surface area (Å²) in [6.07, 6.45) is 14.3. The molecule has 17 nitrogen and oxygen atoms in total. The van der Waals surface area contributed by atoms with Crippen LogP contribution in [0.1, 0.15) is 111 Å². The van der Waals surface area contributed by atoms with E-state index in [1.54, 1.807) is 36.4 Å². The second kappa shape index (κ2) is 24.5. The minimum atomic E-state index is -1.08. The van der Waals surface area contributed by atoms with Crippen molar-refractivity contribution in [1.29, 1.82) is 0 Å². The lowest BCUT2D eigenvalue weighted by Gasteiger charge is -2.38. The quantitative estimate of drug-likeness (QED) is 0.0283. The molecule has 4 aliphatic rings. The monoisotopic (exact) mass is 1020 g/mol. The van der Waals surface area contributed by atoms with Crippen molar-refractivity contribution in [2.24, 2.45) is 0 Å². The Kier molecular flexibility index (Phi) is 17.2. The van der Waals surface area contributed by atoms with Crippen LogP contribution in [0.3, 0.4) is 0 Å². The Morgan fingerprint density at radius 2 is 0.947 bits per heavy atom. The number of hydrogen-bond acceptors (Lipinski definition) is 14. The van der Waals surface area contributed by atoms with Gasteiger partial charge in [0.1, 0.15) is 0 Å². The highest BCUT2D eigenvalue weighted by Crippen LogP contribution is 2.45. The fourth-order valence-electron chi connectivity index (χ4n) is 12.2. The Morgan fingerprint density at radius 1 is 0.547 bits per heavy atom. The number of nitrogens with zero attached hydrogens (tertiary/aromatic N) is 4. The van der Waals surface area contributed by atoms with Gasteiger partial charge in [-0.05, 0) is 138 Å². The van der Waals surface area contributed by atoms with Gasteiger partial charge in [0, 0.05) is 58.9 Å². The van der Waals surface area contributed by atoms with Crippen molar-refractivity contribution < 1.29 is 53.1 Å². The number of aromatic nitrogens is 4. The van der Waals surface area contributed by atoms with Crippen molar-refractivity contribution in [3.05, 3.63) is 120 Å². The molecule has 0 spiro atoms. The second-order valence-electron chi connectivity index (χ2n) is 20.2. The highest BCUT2D eigenvalue weighted by molar-refractivity contribution is 5.99. The molecule has 4 N–H and O–H groups in total. The Labute approximate surface area is 436 Å². The average molecular weight is 1030 g/mol. The Bertz CT molecular complexity index is 2760. The number of H-pyrrole nitrogens is 2. The van der Waals surface area contributed by atoms with Gasteiger partial charge in [-0.3, -0.25) is 29.6 Å². The number of piperidine rings is 2. The third-order valence-electron chi connectivity index (χ3n) is 15.6. The first-order valence-electron chi connectivity index (χ1n) is 26.3. The zero-order chi connectivity index (χ0) is 51.0. The number of hydrogen-bond donors (Lipinski definition) is 2. The SMILES string of the molecule is COc1cc(CC(=O)OC(=O)/C=C/C(=O)OC(=O)Cc2ccc(OCCCCN3C4CCC3CC(c3n[nH]c5ccccc35)C4)c(OC)c2)ccc1OCCCCN1C2CCC1CC(c1n[nH]c3ccccc13)C2.O. The van der Waals surface area contributed by atoms with Crippen LogP contribution >= 0.6 is 0 Å². The summed E-state index contributed by atoms with van der Waals surface area (Å²) in [5, 5.41) is 18.4. The Morgan fingerprint density at radius 3 is 1.35 bits per heavy atom. The predicted molar refractivity (Wildman–Crippen MR) is 281 cm³/mol. The van der Waals surface area contributed by atoms with Gasteiger partial charge in [0.2, 0.25) is 0 Å².